The lowest BCUT2D eigenvalue weighted by molar-refractivity contribution is -0.189. The molecule has 0 aliphatic carbocycles. The Hall–Kier alpha value is -0.410. The van der Waals surface area contributed by atoms with Crippen molar-refractivity contribution in [3.8, 4) is 0 Å². The van der Waals surface area contributed by atoms with Crippen molar-refractivity contribution in [1.82, 2.24) is 0 Å². The molecule has 0 aromatic heterocycles. The van der Waals surface area contributed by atoms with Crippen molar-refractivity contribution in [2.24, 2.45) is 5.92 Å². The van der Waals surface area contributed by atoms with Crippen LogP contribution in [-0.4, -0.2) is 19.2 Å². The maximum absolute atomic E-state index is 10.7. The summed E-state index contributed by atoms with van der Waals surface area (Å²) in [4.78, 5) is 10.1. The van der Waals surface area contributed by atoms with Gasteiger partial charge in [-0.15, -0.1) is 0 Å². The van der Waals surface area contributed by atoms with Gasteiger partial charge >= 0.3 is 0 Å². The lowest BCUT2D eigenvalue weighted by Gasteiger charge is -2.20. The van der Waals surface area contributed by atoms with Gasteiger partial charge in [-0.3, -0.25) is 0 Å². The number of aldehydes is 1. The Morgan fingerprint density at radius 1 is 1.56 bits per heavy atom. The molecule has 3 heteroatoms. The van der Waals surface area contributed by atoms with Crippen LogP contribution in [0.25, 0.3) is 0 Å². The summed E-state index contributed by atoms with van der Waals surface area (Å²) in [6.45, 7) is 0.512. The predicted octanol–water partition coefficient (Wildman–Crippen LogP) is 0.369. The van der Waals surface area contributed by atoms with Gasteiger partial charge in [0, 0.05) is 6.61 Å². The second kappa shape index (κ2) is 2.94. The molecule has 0 aromatic rings. The van der Waals surface area contributed by atoms with Crippen molar-refractivity contribution in [3.63, 3.8) is 0 Å². The van der Waals surface area contributed by atoms with E-state index in [9.17, 15) is 9.90 Å². The van der Waals surface area contributed by atoms with Gasteiger partial charge < -0.3 is 9.53 Å². The highest BCUT2D eigenvalue weighted by Crippen LogP contribution is 2.16. The number of hydrogen-bond donors (Lipinski definition) is 0. The number of carbonyl (C=O) groups excluding carboxylic acids is 1. The highest BCUT2D eigenvalue weighted by Gasteiger charge is 2.24. The second-order valence-corrected chi connectivity index (χ2v) is 2.18. The Morgan fingerprint density at radius 3 is 2.78 bits per heavy atom. The standard InChI is InChI=1S/C6H9O3/c7-4-5-2-1-3-9-6(5)8/h4-6H,1-3H2. The molecule has 2 unspecified atom stereocenters. The van der Waals surface area contributed by atoms with Gasteiger partial charge in [0.2, 0.25) is 6.29 Å². The van der Waals surface area contributed by atoms with Gasteiger partial charge in [-0.1, -0.05) is 0 Å². The van der Waals surface area contributed by atoms with Gasteiger partial charge in [-0.25, -0.2) is 5.11 Å². The van der Waals surface area contributed by atoms with Crippen molar-refractivity contribution < 1.29 is 14.6 Å². The number of hydrogen-bond acceptors (Lipinski definition) is 2. The van der Waals surface area contributed by atoms with E-state index in [1.54, 1.807) is 0 Å². The fourth-order valence-electron chi connectivity index (χ4n) is 0.910. The molecule has 3 nitrogen and oxygen atoms in total. The van der Waals surface area contributed by atoms with Crippen molar-refractivity contribution in [1.29, 1.82) is 0 Å². The van der Waals surface area contributed by atoms with Crippen LogP contribution in [0.15, 0.2) is 0 Å². The van der Waals surface area contributed by atoms with E-state index in [-0.39, 0.29) is 0 Å². The molecule has 1 aliphatic heterocycles. The first kappa shape index (κ1) is 6.71. The van der Waals surface area contributed by atoms with Gasteiger partial charge in [-0.05, 0) is 12.8 Å². The highest BCUT2D eigenvalue weighted by molar-refractivity contribution is 5.54. The van der Waals surface area contributed by atoms with Crippen molar-refractivity contribution in [2.45, 2.75) is 19.1 Å². The molecule has 9 heavy (non-hydrogen) atoms. The van der Waals surface area contributed by atoms with Gasteiger partial charge in [0.15, 0.2) is 0 Å². The molecule has 0 saturated carbocycles. The summed E-state index contributed by atoms with van der Waals surface area (Å²) in [5.74, 6) is -0.404. The summed E-state index contributed by atoms with van der Waals surface area (Å²) < 4.78 is 4.69. The molecule has 1 rings (SSSR count). The Morgan fingerprint density at radius 2 is 2.33 bits per heavy atom. The smallest absolute Gasteiger partial charge is 0.200 e. The van der Waals surface area contributed by atoms with E-state index in [0.717, 1.165) is 6.42 Å². The highest BCUT2D eigenvalue weighted by atomic mass is 16.6. The quantitative estimate of drug-likeness (QED) is 0.480. The number of ether oxygens (including phenoxy) is 1. The largest absolute Gasteiger partial charge is 0.349 e. The Balaban J connectivity index is 2.38. The molecule has 0 N–H and O–H groups in total. The fourth-order valence-corrected chi connectivity index (χ4v) is 0.910. The SMILES string of the molecule is [O]C1OCCCC1C=O. The van der Waals surface area contributed by atoms with Gasteiger partial charge in [0.25, 0.3) is 0 Å². The van der Waals surface area contributed by atoms with Crippen LogP contribution in [0.2, 0.25) is 0 Å². The predicted molar refractivity (Wildman–Crippen MR) is 29.2 cm³/mol. The normalized spacial score (nSPS) is 36.1. The lowest BCUT2D eigenvalue weighted by Crippen LogP contribution is -2.28. The van der Waals surface area contributed by atoms with Crippen LogP contribution in [0, 0.1) is 5.92 Å². The molecule has 1 heterocycles. The van der Waals surface area contributed by atoms with E-state index in [1.165, 1.54) is 0 Å². The summed E-state index contributed by atoms with van der Waals surface area (Å²) in [7, 11) is 0. The van der Waals surface area contributed by atoms with Crippen LogP contribution in [0.5, 0.6) is 0 Å². The molecular weight excluding hydrogens is 120 g/mol. The molecule has 0 aromatic carbocycles. The summed E-state index contributed by atoms with van der Waals surface area (Å²) >= 11 is 0. The molecule has 1 radical (unpaired) electrons. The average Bonchev–Trinajstić information content (AvgIpc) is 1.89. The van der Waals surface area contributed by atoms with E-state index >= 15 is 0 Å². The van der Waals surface area contributed by atoms with Crippen LogP contribution in [0.1, 0.15) is 12.8 Å². The summed E-state index contributed by atoms with van der Waals surface area (Å²) in [5, 5.41) is 10.7. The van der Waals surface area contributed by atoms with Crippen LogP contribution in [-0.2, 0) is 14.6 Å². The molecule has 0 spiro atoms. The number of rotatable bonds is 1. The van der Waals surface area contributed by atoms with Crippen LogP contribution in [0.3, 0.4) is 0 Å². The maximum atomic E-state index is 10.7. The molecule has 1 saturated heterocycles. The van der Waals surface area contributed by atoms with Crippen LogP contribution < -0.4 is 0 Å². The zero-order valence-corrected chi connectivity index (χ0v) is 5.08. The Bertz CT molecular complexity index is 102. The molecule has 0 amide bonds. The zero-order chi connectivity index (χ0) is 6.69. The molecule has 1 aliphatic rings. The first-order chi connectivity index (χ1) is 4.34. The maximum Gasteiger partial charge on any atom is 0.200 e. The van der Waals surface area contributed by atoms with E-state index in [0.29, 0.717) is 19.3 Å². The topological polar surface area (TPSA) is 46.2 Å². The first-order valence-corrected chi connectivity index (χ1v) is 3.07. The van der Waals surface area contributed by atoms with E-state index in [1.807, 2.05) is 0 Å². The minimum absolute atomic E-state index is 0.404. The van der Waals surface area contributed by atoms with Gasteiger partial charge in [0.1, 0.15) is 6.29 Å². The summed E-state index contributed by atoms with van der Waals surface area (Å²) in [5.41, 5.74) is 0. The minimum atomic E-state index is -1.10. The fraction of sp³-hybridized carbons (Fsp3) is 0.833. The van der Waals surface area contributed by atoms with Gasteiger partial charge in [0.05, 0.1) is 5.92 Å². The minimum Gasteiger partial charge on any atom is -0.349 e. The third-order valence-electron chi connectivity index (χ3n) is 1.49. The summed E-state index contributed by atoms with van der Waals surface area (Å²) in [6, 6.07) is 0. The zero-order valence-electron chi connectivity index (χ0n) is 5.08. The van der Waals surface area contributed by atoms with E-state index < -0.39 is 12.2 Å². The Kier molecular flexibility index (Phi) is 2.19. The molecule has 51 valence electrons. The monoisotopic (exact) mass is 129 g/mol. The molecule has 0 bridgehead atoms. The average molecular weight is 129 g/mol. The van der Waals surface area contributed by atoms with Crippen LogP contribution >= 0.6 is 0 Å². The van der Waals surface area contributed by atoms with Gasteiger partial charge in [-0.2, -0.15) is 0 Å². The molecular formula is C6H9O3. The van der Waals surface area contributed by atoms with E-state index in [2.05, 4.69) is 0 Å². The van der Waals surface area contributed by atoms with Crippen molar-refractivity contribution >= 4 is 6.29 Å². The Labute approximate surface area is 53.6 Å². The third kappa shape index (κ3) is 1.50. The molecule has 1 fully saturated rings. The molecule has 2 atom stereocenters. The van der Waals surface area contributed by atoms with E-state index in [4.69, 9.17) is 4.74 Å². The lowest BCUT2D eigenvalue weighted by atomic mass is 10.0. The first-order valence-electron chi connectivity index (χ1n) is 3.07. The van der Waals surface area contributed by atoms with Crippen LogP contribution in [0.4, 0.5) is 0 Å². The summed E-state index contributed by atoms with van der Waals surface area (Å²) in [6.07, 6.45) is 1.12. The third-order valence-corrected chi connectivity index (χ3v) is 1.49. The van der Waals surface area contributed by atoms with Crippen molar-refractivity contribution in [2.75, 3.05) is 6.61 Å². The second-order valence-electron chi connectivity index (χ2n) is 2.18. The van der Waals surface area contributed by atoms with Crippen molar-refractivity contribution in [3.05, 3.63) is 0 Å². The number of carbonyl (C=O) groups is 1.